The lowest BCUT2D eigenvalue weighted by atomic mass is 10.2. The largest absolute Gasteiger partial charge is 0.280 e. The van der Waals surface area contributed by atoms with E-state index in [4.69, 9.17) is 0 Å². The van der Waals surface area contributed by atoms with Crippen LogP contribution in [0.3, 0.4) is 0 Å². The Hall–Kier alpha value is -1.44. The molecule has 0 atom stereocenters. The Labute approximate surface area is 141 Å². The SMILES string of the molecule is CCc1cc(Br)ccc1S(=O)(=O)Nc1ccc2ncsc2c1. The molecule has 4 nitrogen and oxygen atoms in total. The van der Waals surface area contributed by atoms with Gasteiger partial charge in [-0.2, -0.15) is 0 Å². The Morgan fingerprint density at radius 2 is 2.05 bits per heavy atom. The number of hydrogen-bond donors (Lipinski definition) is 1. The third-order valence-corrected chi connectivity index (χ3v) is 6.04. The van der Waals surface area contributed by atoms with Crippen LogP contribution in [-0.4, -0.2) is 13.4 Å². The van der Waals surface area contributed by atoms with Gasteiger partial charge in [-0.1, -0.05) is 22.9 Å². The lowest BCUT2D eigenvalue weighted by Crippen LogP contribution is -2.14. The van der Waals surface area contributed by atoms with Gasteiger partial charge in [-0.25, -0.2) is 13.4 Å². The number of halogens is 1. The zero-order chi connectivity index (χ0) is 15.7. The number of nitrogens with one attached hydrogen (secondary N) is 1. The molecule has 0 fully saturated rings. The summed E-state index contributed by atoms with van der Waals surface area (Å²) in [5.74, 6) is 0. The van der Waals surface area contributed by atoms with E-state index in [-0.39, 0.29) is 0 Å². The molecule has 0 radical (unpaired) electrons. The van der Waals surface area contributed by atoms with E-state index in [9.17, 15) is 8.42 Å². The number of rotatable bonds is 4. The van der Waals surface area contributed by atoms with Gasteiger partial charge in [-0.15, -0.1) is 11.3 Å². The topological polar surface area (TPSA) is 59.1 Å². The molecule has 0 spiro atoms. The molecular formula is C15H13BrN2O2S2. The second-order valence-corrected chi connectivity index (χ2v) is 8.20. The summed E-state index contributed by atoms with van der Waals surface area (Å²) in [4.78, 5) is 4.50. The van der Waals surface area contributed by atoms with Gasteiger partial charge in [-0.3, -0.25) is 4.72 Å². The first-order valence-electron chi connectivity index (χ1n) is 6.64. The van der Waals surface area contributed by atoms with Crippen molar-refractivity contribution in [1.82, 2.24) is 4.98 Å². The lowest BCUT2D eigenvalue weighted by Gasteiger charge is -2.12. The third kappa shape index (κ3) is 3.02. The van der Waals surface area contributed by atoms with Gasteiger partial charge in [0.15, 0.2) is 0 Å². The van der Waals surface area contributed by atoms with Crippen LogP contribution in [0.5, 0.6) is 0 Å². The maximum atomic E-state index is 12.6. The molecule has 1 N–H and O–H groups in total. The summed E-state index contributed by atoms with van der Waals surface area (Å²) in [6.07, 6.45) is 0.642. The van der Waals surface area contributed by atoms with Crippen LogP contribution in [0.15, 0.2) is 51.3 Å². The molecule has 0 aliphatic heterocycles. The average molecular weight is 397 g/mol. The molecule has 3 aromatic rings. The molecular weight excluding hydrogens is 384 g/mol. The first kappa shape index (κ1) is 15.5. The van der Waals surface area contributed by atoms with E-state index in [2.05, 4.69) is 25.6 Å². The predicted octanol–water partition coefficient (Wildman–Crippen LogP) is 4.42. The number of thiazole rings is 1. The van der Waals surface area contributed by atoms with Gasteiger partial charge in [0.2, 0.25) is 0 Å². The molecule has 0 unspecified atom stereocenters. The monoisotopic (exact) mass is 396 g/mol. The van der Waals surface area contributed by atoms with Crippen LogP contribution in [0.2, 0.25) is 0 Å². The zero-order valence-electron chi connectivity index (χ0n) is 11.7. The van der Waals surface area contributed by atoms with E-state index in [1.807, 2.05) is 19.1 Å². The molecule has 2 aromatic carbocycles. The Kier molecular flexibility index (Phi) is 4.20. The van der Waals surface area contributed by atoms with Gasteiger partial charge >= 0.3 is 0 Å². The summed E-state index contributed by atoms with van der Waals surface area (Å²) in [5.41, 5.74) is 3.93. The van der Waals surface area contributed by atoms with Gasteiger partial charge in [0.25, 0.3) is 10.0 Å². The first-order chi connectivity index (χ1) is 10.5. The van der Waals surface area contributed by atoms with Gasteiger partial charge in [0, 0.05) is 4.47 Å². The van der Waals surface area contributed by atoms with Crippen molar-refractivity contribution < 1.29 is 8.42 Å². The Balaban J connectivity index is 1.99. The highest BCUT2D eigenvalue weighted by atomic mass is 79.9. The molecule has 22 heavy (non-hydrogen) atoms. The highest BCUT2D eigenvalue weighted by Crippen LogP contribution is 2.26. The van der Waals surface area contributed by atoms with Crippen LogP contribution in [0.1, 0.15) is 12.5 Å². The second-order valence-electron chi connectivity index (χ2n) is 4.75. The van der Waals surface area contributed by atoms with Crippen LogP contribution < -0.4 is 4.72 Å². The van der Waals surface area contributed by atoms with Crippen LogP contribution >= 0.6 is 27.3 Å². The fraction of sp³-hybridized carbons (Fsp3) is 0.133. The van der Waals surface area contributed by atoms with Crippen molar-refractivity contribution in [3.63, 3.8) is 0 Å². The van der Waals surface area contributed by atoms with E-state index in [0.29, 0.717) is 17.0 Å². The normalized spacial score (nSPS) is 11.7. The number of hydrogen-bond acceptors (Lipinski definition) is 4. The Morgan fingerprint density at radius 3 is 2.82 bits per heavy atom. The van der Waals surface area contributed by atoms with E-state index >= 15 is 0 Å². The summed E-state index contributed by atoms with van der Waals surface area (Å²) in [5, 5.41) is 0. The highest BCUT2D eigenvalue weighted by molar-refractivity contribution is 9.10. The van der Waals surface area contributed by atoms with Crippen molar-refractivity contribution in [2.45, 2.75) is 18.2 Å². The highest BCUT2D eigenvalue weighted by Gasteiger charge is 2.18. The minimum absolute atomic E-state index is 0.308. The van der Waals surface area contributed by atoms with Gasteiger partial charge < -0.3 is 0 Å². The molecule has 0 aliphatic rings. The third-order valence-electron chi connectivity index (χ3n) is 3.28. The summed E-state index contributed by atoms with van der Waals surface area (Å²) >= 11 is 4.85. The van der Waals surface area contributed by atoms with Crippen LogP contribution in [0.4, 0.5) is 5.69 Å². The van der Waals surface area contributed by atoms with Crippen molar-refractivity contribution in [2.24, 2.45) is 0 Å². The number of fused-ring (bicyclic) bond motifs is 1. The lowest BCUT2D eigenvalue weighted by molar-refractivity contribution is 0.600. The van der Waals surface area contributed by atoms with Crippen LogP contribution in [0.25, 0.3) is 10.2 Å². The molecule has 3 rings (SSSR count). The quantitative estimate of drug-likeness (QED) is 0.709. The van der Waals surface area contributed by atoms with E-state index in [1.165, 1.54) is 11.3 Å². The molecule has 0 aliphatic carbocycles. The van der Waals surface area contributed by atoms with Gasteiger partial charge in [0.05, 0.1) is 26.3 Å². The number of aryl methyl sites for hydroxylation is 1. The van der Waals surface area contributed by atoms with E-state index in [1.54, 1.807) is 29.8 Å². The van der Waals surface area contributed by atoms with Crippen LogP contribution in [0, 0.1) is 0 Å². The van der Waals surface area contributed by atoms with Gasteiger partial charge in [0.1, 0.15) is 0 Å². The van der Waals surface area contributed by atoms with Gasteiger partial charge in [-0.05, 0) is 48.4 Å². The van der Waals surface area contributed by atoms with Crippen molar-refractivity contribution >= 4 is 53.2 Å². The number of anilines is 1. The second kappa shape index (κ2) is 5.98. The average Bonchev–Trinajstić information content (AvgIpc) is 2.93. The summed E-state index contributed by atoms with van der Waals surface area (Å²) in [6, 6.07) is 10.5. The standard InChI is InChI=1S/C15H13BrN2O2S2/c1-2-10-7-11(16)3-6-15(10)22(19,20)18-12-4-5-13-14(8-12)21-9-17-13/h3-9,18H,2H2,1H3. The zero-order valence-corrected chi connectivity index (χ0v) is 14.9. The number of nitrogens with zero attached hydrogens (tertiary/aromatic N) is 1. The summed E-state index contributed by atoms with van der Waals surface area (Å²) in [6.45, 7) is 1.93. The smallest absolute Gasteiger partial charge is 0.262 e. The maximum Gasteiger partial charge on any atom is 0.262 e. The number of benzene rings is 2. The molecule has 1 aromatic heterocycles. The van der Waals surface area contributed by atoms with Crippen molar-refractivity contribution in [2.75, 3.05) is 4.72 Å². The molecule has 0 bridgehead atoms. The van der Waals surface area contributed by atoms with E-state index < -0.39 is 10.0 Å². The molecule has 0 saturated heterocycles. The minimum atomic E-state index is -3.61. The van der Waals surface area contributed by atoms with Crippen LogP contribution in [-0.2, 0) is 16.4 Å². The van der Waals surface area contributed by atoms with Crippen molar-refractivity contribution in [3.05, 3.63) is 51.9 Å². The minimum Gasteiger partial charge on any atom is -0.280 e. The number of aromatic nitrogens is 1. The molecule has 0 amide bonds. The Bertz CT molecular complexity index is 936. The fourth-order valence-corrected chi connectivity index (χ4v) is 4.68. The molecule has 114 valence electrons. The fourth-order valence-electron chi connectivity index (χ4n) is 2.22. The molecule has 7 heteroatoms. The molecule has 0 saturated carbocycles. The van der Waals surface area contributed by atoms with Crippen molar-refractivity contribution in [1.29, 1.82) is 0 Å². The maximum absolute atomic E-state index is 12.6. The van der Waals surface area contributed by atoms with Crippen molar-refractivity contribution in [3.8, 4) is 0 Å². The summed E-state index contributed by atoms with van der Waals surface area (Å²) < 4.78 is 29.7. The number of sulfonamides is 1. The Morgan fingerprint density at radius 1 is 1.23 bits per heavy atom. The first-order valence-corrected chi connectivity index (χ1v) is 9.79. The summed E-state index contributed by atoms with van der Waals surface area (Å²) in [7, 11) is -3.61. The predicted molar refractivity (Wildman–Crippen MR) is 93.9 cm³/mol. The van der Waals surface area contributed by atoms with E-state index in [0.717, 1.165) is 20.3 Å². The molecule has 1 heterocycles.